The van der Waals surface area contributed by atoms with Crippen LogP contribution in [-0.4, -0.2) is 53.3 Å². The normalized spacial score (nSPS) is 28.8. The van der Waals surface area contributed by atoms with Gasteiger partial charge in [-0.05, 0) is 31.0 Å². The number of hydrogen-bond acceptors (Lipinski definition) is 7. The van der Waals surface area contributed by atoms with Crippen LogP contribution >= 0.6 is 0 Å². The first-order valence-corrected chi connectivity index (χ1v) is 8.76. The lowest BCUT2D eigenvalue weighted by atomic mass is 9.77. The van der Waals surface area contributed by atoms with Gasteiger partial charge in [0.2, 0.25) is 5.95 Å². The lowest BCUT2D eigenvalue weighted by molar-refractivity contribution is 0.0859. The lowest BCUT2D eigenvalue weighted by Crippen LogP contribution is -2.50. The van der Waals surface area contributed by atoms with Crippen molar-refractivity contribution in [3.05, 3.63) is 42.4 Å². The number of nitrogen functional groups attached to an aromatic ring is 1. The van der Waals surface area contributed by atoms with Gasteiger partial charge in [-0.2, -0.15) is 4.98 Å². The van der Waals surface area contributed by atoms with Crippen molar-refractivity contribution in [2.45, 2.75) is 36.9 Å². The fourth-order valence-electron chi connectivity index (χ4n) is 3.82. The van der Waals surface area contributed by atoms with E-state index in [1.165, 1.54) is 5.69 Å². The van der Waals surface area contributed by atoms with E-state index >= 15 is 0 Å². The highest BCUT2D eigenvalue weighted by Crippen LogP contribution is 2.36. The number of rotatable bonds is 5. The quantitative estimate of drug-likeness (QED) is 0.845. The molecule has 0 radical (unpaired) electrons. The van der Waals surface area contributed by atoms with E-state index in [-0.39, 0.29) is 12.1 Å². The van der Waals surface area contributed by atoms with Crippen molar-refractivity contribution < 1.29 is 4.74 Å². The smallest absolute Gasteiger partial charge is 0.221 e. The highest BCUT2D eigenvalue weighted by molar-refractivity contribution is 5.43. The van der Waals surface area contributed by atoms with Gasteiger partial charge in [0.15, 0.2) is 0 Å². The third-order valence-corrected chi connectivity index (χ3v) is 5.25. The summed E-state index contributed by atoms with van der Waals surface area (Å²) in [5.74, 6) is 1.73. The molecule has 2 atom stereocenters. The van der Waals surface area contributed by atoms with Crippen LogP contribution in [0.1, 0.15) is 24.5 Å². The van der Waals surface area contributed by atoms with Crippen LogP contribution in [0.2, 0.25) is 0 Å². The second-order valence-corrected chi connectivity index (χ2v) is 6.85. The Morgan fingerprint density at radius 3 is 2.76 bits per heavy atom. The molecule has 0 spiro atoms. The van der Waals surface area contributed by atoms with Gasteiger partial charge >= 0.3 is 0 Å². The molecule has 0 aromatic carbocycles. The Bertz CT molecular complexity index is 706. The third kappa shape index (κ3) is 3.43. The average molecular weight is 340 g/mol. The van der Waals surface area contributed by atoms with Crippen LogP contribution in [0.3, 0.4) is 0 Å². The van der Waals surface area contributed by atoms with Crippen LogP contribution in [0.4, 0.5) is 11.8 Å². The SMILES string of the molecule is CO[C@@H]1CN(c2ccnc(N)n2)C[C@@H]1NC1CC(c2ccccn2)C1. The standard InChI is InChI=1S/C18H24N6O/c1-25-16-11-24(17-5-7-21-18(19)23-17)10-15(16)22-13-8-12(9-13)14-4-2-3-6-20-14/h2-7,12-13,15-16,22H,8-11H2,1H3,(H2,19,21,23)/t12?,13?,15-,16+/m0/s1. The highest BCUT2D eigenvalue weighted by Gasteiger charge is 2.38. The Kier molecular flexibility index (Phi) is 4.50. The van der Waals surface area contributed by atoms with Crippen molar-refractivity contribution in [2.75, 3.05) is 30.8 Å². The van der Waals surface area contributed by atoms with Crippen LogP contribution in [0.5, 0.6) is 0 Å². The minimum Gasteiger partial charge on any atom is -0.378 e. The van der Waals surface area contributed by atoms with Gasteiger partial charge in [-0.1, -0.05) is 6.07 Å². The van der Waals surface area contributed by atoms with E-state index in [2.05, 4.69) is 37.3 Å². The fourth-order valence-corrected chi connectivity index (χ4v) is 3.82. The molecule has 1 aliphatic carbocycles. The summed E-state index contributed by atoms with van der Waals surface area (Å²) in [6.45, 7) is 1.67. The first-order chi connectivity index (χ1) is 12.2. The molecule has 25 heavy (non-hydrogen) atoms. The van der Waals surface area contributed by atoms with Crippen molar-refractivity contribution in [1.82, 2.24) is 20.3 Å². The third-order valence-electron chi connectivity index (χ3n) is 5.25. The summed E-state index contributed by atoms with van der Waals surface area (Å²) >= 11 is 0. The Morgan fingerprint density at radius 1 is 1.16 bits per heavy atom. The first kappa shape index (κ1) is 16.2. The fraction of sp³-hybridized carbons (Fsp3) is 0.500. The van der Waals surface area contributed by atoms with Gasteiger partial charge in [0, 0.05) is 50.2 Å². The van der Waals surface area contributed by atoms with Crippen LogP contribution in [0, 0.1) is 0 Å². The summed E-state index contributed by atoms with van der Waals surface area (Å²) in [4.78, 5) is 15.0. The average Bonchev–Trinajstić information content (AvgIpc) is 3.01. The van der Waals surface area contributed by atoms with E-state index < -0.39 is 0 Å². The van der Waals surface area contributed by atoms with Gasteiger partial charge in [0.25, 0.3) is 0 Å². The number of methoxy groups -OCH3 is 1. The summed E-state index contributed by atoms with van der Waals surface area (Å²) in [5, 5.41) is 3.76. The van der Waals surface area contributed by atoms with E-state index in [1.54, 1.807) is 13.3 Å². The molecule has 2 aromatic heterocycles. The molecule has 0 unspecified atom stereocenters. The molecular formula is C18H24N6O. The monoisotopic (exact) mass is 340 g/mol. The maximum atomic E-state index is 5.71. The molecule has 3 heterocycles. The molecule has 2 aliphatic rings. The Morgan fingerprint density at radius 2 is 2.04 bits per heavy atom. The maximum Gasteiger partial charge on any atom is 0.221 e. The van der Waals surface area contributed by atoms with Crippen molar-refractivity contribution in [3.63, 3.8) is 0 Å². The van der Waals surface area contributed by atoms with E-state index in [4.69, 9.17) is 10.5 Å². The summed E-state index contributed by atoms with van der Waals surface area (Å²) in [6, 6.07) is 8.85. The molecule has 1 saturated carbocycles. The Labute approximate surface area is 147 Å². The zero-order valence-electron chi connectivity index (χ0n) is 14.4. The number of nitrogens with two attached hydrogens (primary N) is 1. The molecule has 1 saturated heterocycles. The minimum absolute atomic E-state index is 0.144. The lowest BCUT2D eigenvalue weighted by Gasteiger charge is -2.38. The molecule has 7 heteroatoms. The van der Waals surface area contributed by atoms with Gasteiger partial charge in [-0.3, -0.25) is 4.98 Å². The number of ether oxygens (including phenoxy) is 1. The van der Waals surface area contributed by atoms with E-state index in [1.807, 2.05) is 18.3 Å². The van der Waals surface area contributed by atoms with E-state index in [0.717, 1.165) is 31.7 Å². The molecular weight excluding hydrogens is 316 g/mol. The van der Waals surface area contributed by atoms with Crippen molar-refractivity contribution >= 4 is 11.8 Å². The van der Waals surface area contributed by atoms with Crippen molar-refractivity contribution in [3.8, 4) is 0 Å². The topological polar surface area (TPSA) is 89.2 Å². The van der Waals surface area contributed by atoms with E-state index in [0.29, 0.717) is 17.9 Å². The second-order valence-electron chi connectivity index (χ2n) is 6.85. The molecule has 0 bridgehead atoms. The molecule has 2 aromatic rings. The largest absolute Gasteiger partial charge is 0.378 e. The van der Waals surface area contributed by atoms with Crippen LogP contribution < -0.4 is 16.0 Å². The summed E-state index contributed by atoms with van der Waals surface area (Å²) in [7, 11) is 1.77. The number of hydrogen-bond donors (Lipinski definition) is 2. The summed E-state index contributed by atoms with van der Waals surface area (Å²) in [6.07, 6.45) is 5.97. The molecule has 3 N–H and O–H groups in total. The van der Waals surface area contributed by atoms with Gasteiger partial charge in [0.1, 0.15) is 5.82 Å². The van der Waals surface area contributed by atoms with Gasteiger partial charge in [0.05, 0.1) is 12.1 Å². The predicted molar refractivity (Wildman–Crippen MR) is 96.4 cm³/mol. The highest BCUT2D eigenvalue weighted by atomic mass is 16.5. The van der Waals surface area contributed by atoms with Crippen LogP contribution in [0.25, 0.3) is 0 Å². The van der Waals surface area contributed by atoms with Gasteiger partial charge in [-0.25, -0.2) is 4.98 Å². The number of nitrogens with zero attached hydrogens (tertiary/aromatic N) is 4. The predicted octanol–water partition coefficient (Wildman–Crippen LogP) is 1.19. The summed E-state index contributed by atoms with van der Waals surface area (Å²) in [5.41, 5.74) is 6.91. The zero-order valence-corrected chi connectivity index (χ0v) is 14.4. The molecule has 0 amide bonds. The van der Waals surface area contributed by atoms with Crippen LogP contribution in [0.15, 0.2) is 36.7 Å². The first-order valence-electron chi connectivity index (χ1n) is 8.76. The van der Waals surface area contributed by atoms with E-state index in [9.17, 15) is 0 Å². The number of aromatic nitrogens is 3. The number of nitrogens with one attached hydrogen (secondary N) is 1. The van der Waals surface area contributed by atoms with Crippen LogP contribution in [-0.2, 0) is 4.74 Å². The molecule has 132 valence electrons. The van der Waals surface area contributed by atoms with Crippen molar-refractivity contribution in [2.24, 2.45) is 0 Å². The molecule has 2 fully saturated rings. The molecule has 7 nitrogen and oxygen atoms in total. The minimum atomic E-state index is 0.144. The number of pyridine rings is 1. The van der Waals surface area contributed by atoms with Crippen molar-refractivity contribution in [1.29, 1.82) is 0 Å². The number of anilines is 2. The van der Waals surface area contributed by atoms with Gasteiger partial charge in [-0.15, -0.1) is 0 Å². The molecule has 4 rings (SSSR count). The Balaban J connectivity index is 1.35. The maximum absolute atomic E-state index is 5.71. The second kappa shape index (κ2) is 6.93. The Hall–Kier alpha value is -2.25. The summed E-state index contributed by atoms with van der Waals surface area (Å²) < 4.78 is 5.70. The zero-order chi connectivity index (χ0) is 17.2. The van der Waals surface area contributed by atoms with Gasteiger partial charge < -0.3 is 20.7 Å². The molecule has 1 aliphatic heterocycles.